The van der Waals surface area contributed by atoms with E-state index in [2.05, 4.69) is 55.4 Å². The summed E-state index contributed by atoms with van der Waals surface area (Å²) in [5.74, 6) is 0.782. The first-order valence-corrected chi connectivity index (χ1v) is 36.8. The molecule has 0 saturated heterocycles. The molecule has 4 unspecified atom stereocenters. The lowest BCUT2D eigenvalue weighted by Crippen LogP contribution is -2.30. The monoisotopic (exact) mass is 1240 g/mol. The zero-order chi connectivity index (χ0) is 62.5. The molecule has 0 heterocycles. The maximum absolute atomic E-state index is 13.0. The highest BCUT2D eigenvalue weighted by Crippen LogP contribution is 2.45. The van der Waals surface area contributed by atoms with Crippen LogP contribution in [-0.2, 0) is 65.4 Å². The fraction of sp³-hybridized carbons (Fsp3) is 0.938. The third-order valence-electron chi connectivity index (χ3n) is 15.5. The van der Waals surface area contributed by atoms with Crippen molar-refractivity contribution in [3.8, 4) is 0 Å². The fourth-order valence-corrected chi connectivity index (χ4v) is 11.1. The molecule has 0 aliphatic heterocycles. The van der Waals surface area contributed by atoms with Crippen molar-refractivity contribution in [2.75, 3.05) is 39.6 Å². The van der Waals surface area contributed by atoms with Gasteiger partial charge in [0.15, 0.2) is 12.2 Å². The highest BCUT2D eigenvalue weighted by atomic mass is 31.2. The van der Waals surface area contributed by atoms with E-state index < -0.39 is 97.5 Å². The molecule has 0 fully saturated rings. The standard InChI is InChI=1S/C65H126O17P2/c1-9-57(7)43-35-27-21-23-29-37-45-62(67)75-51-60(81-64(69)47-39-31-19-15-13-11-12-14-17-25-33-41-55(3)4)53-79-83(71,72)77-49-59(66)50-78-84(73,74)80-54-61(82-65(70)48-40-32-20-16-18-26-34-42-56(5)6)52-76-63(68)46-38-30-24-22-28-36-44-58(8)10-2/h55-61,66H,9-54H2,1-8H3,(H,71,72)(H,73,74)/t57?,58?,59-,60+,61+/m0/s1. The van der Waals surface area contributed by atoms with Crippen molar-refractivity contribution in [2.24, 2.45) is 23.7 Å². The van der Waals surface area contributed by atoms with Crippen LogP contribution in [0.1, 0.15) is 312 Å². The molecule has 0 aliphatic rings. The van der Waals surface area contributed by atoms with Crippen LogP contribution in [0.25, 0.3) is 0 Å². The van der Waals surface area contributed by atoms with Crippen molar-refractivity contribution in [3.63, 3.8) is 0 Å². The first kappa shape index (κ1) is 82.1. The minimum Gasteiger partial charge on any atom is -0.462 e. The Hall–Kier alpha value is -1.94. The molecule has 17 nitrogen and oxygen atoms in total. The van der Waals surface area contributed by atoms with E-state index in [0.717, 1.165) is 120 Å². The van der Waals surface area contributed by atoms with Crippen LogP contribution in [0.4, 0.5) is 0 Å². The SMILES string of the molecule is CCC(C)CCCCCCCCC(=O)OC[C@H](COP(=O)(O)OC[C@H](O)COP(=O)(O)OC[C@@H](COC(=O)CCCCCCCCC(C)CC)OC(=O)CCCCCCCCCC(C)C)OC(=O)CCCCCCCCCCCCCC(C)C. The Morgan fingerprint density at radius 2 is 0.571 bits per heavy atom. The molecule has 0 aromatic rings. The summed E-state index contributed by atoms with van der Waals surface area (Å²) >= 11 is 0. The Bertz CT molecular complexity index is 1680. The van der Waals surface area contributed by atoms with E-state index in [4.69, 9.17) is 37.0 Å². The number of hydrogen-bond acceptors (Lipinski definition) is 15. The summed E-state index contributed by atoms with van der Waals surface area (Å²) in [6, 6.07) is 0. The highest BCUT2D eigenvalue weighted by molar-refractivity contribution is 7.47. The van der Waals surface area contributed by atoms with Crippen molar-refractivity contribution < 1.29 is 80.2 Å². The van der Waals surface area contributed by atoms with Gasteiger partial charge in [-0.1, -0.05) is 261 Å². The first-order chi connectivity index (χ1) is 40.2. The average molecular weight is 1240 g/mol. The minimum absolute atomic E-state index is 0.102. The third-order valence-corrected chi connectivity index (χ3v) is 17.4. The molecule has 84 heavy (non-hydrogen) atoms. The van der Waals surface area contributed by atoms with Crippen LogP contribution in [0.2, 0.25) is 0 Å². The minimum atomic E-state index is -4.95. The highest BCUT2D eigenvalue weighted by Gasteiger charge is 2.30. The molecule has 0 saturated carbocycles. The molecular formula is C65H126O17P2. The lowest BCUT2D eigenvalue weighted by Gasteiger charge is -2.21. The van der Waals surface area contributed by atoms with E-state index in [1.54, 1.807) is 0 Å². The largest absolute Gasteiger partial charge is 0.472 e. The number of unbranched alkanes of at least 4 members (excludes halogenated alkanes) is 26. The normalized spacial score (nSPS) is 15.1. The van der Waals surface area contributed by atoms with Crippen LogP contribution in [0, 0.1) is 23.7 Å². The number of carbonyl (C=O) groups is 4. The van der Waals surface area contributed by atoms with Gasteiger partial charge in [-0.15, -0.1) is 0 Å². The summed E-state index contributed by atoms with van der Waals surface area (Å²) < 4.78 is 68.0. The summed E-state index contributed by atoms with van der Waals surface area (Å²) in [5, 5.41) is 10.5. The summed E-state index contributed by atoms with van der Waals surface area (Å²) in [5.41, 5.74) is 0. The van der Waals surface area contributed by atoms with Crippen molar-refractivity contribution in [1.29, 1.82) is 0 Å². The van der Waals surface area contributed by atoms with Crippen LogP contribution >= 0.6 is 15.6 Å². The predicted molar refractivity (Wildman–Crippen MR) is 335 cm³/mol. The maximum atomic E-state index is 13.0. The van der Waals surface area contributed by atoms with E-state index >= 15 is 0 Å². The number of esters is 4. The molecule has 0 amide bonds. The van der Waals surface area contributed by atoms with Crippen LogP contribution < -0.4 is 0 Å². The summed E-state index contributed by atoms with van der Waals surface area (Å²) in [6.07, 6.45) is 35.0. The zero-order valence-electron chi connectivity index (χ0n) is 54.5. The van der Waals surface area contributed by atoms with Gasteiger partial charge in [0.2, 0.25) is 0 Å². The van der Waals surface area contributed by atoms with E-state index in [0.29, 0.717) is 31.6 Å². The Kier molecular flexibility index (Phi) is 53.9. The van der Waals surface area contributed by atoms with Gasteiger partial charge in [0.25, 0.3) is 0 Å². The molecule has 0 rings (SSSR count). The van der Waals surface area contributed by atoms with E-state index in [9.17, 15) is 43.2 Å². The van der Waals surface area contributed by atoms with Gasteiger partial charge in [0, 0.05) is 25.7 Å². The van der Waals surface area contributed by atoms with Gasteiger partial charge in [-0.2, -0.15) is 0 Å². The lowest BCUT2D eigenvalue weighted by atomic mass is 10.00. The lowest BCUT2D eigenvalue weighted by molar-refractivity contribution is -0.161. The van der Waals surface area contributed by atoms with E-state index in [-0.39, 0.29) is 25.7 Å². The Balaban J connectivity index is 5.26. The number of aliphatic hydroxyl groups is 1. The fourth-order valence-electron chi connectivity index (χ4n) is 9.54. The topological polar surface area (TPSA) is 237 Å². The number of phosphoric ester groups is 2. The Morgan fingerprint density at radius 3 is 0.845 bits per heavy atom. The zero-order valence-corrected chi connectivity index (χ0v) is 56.3. The van der Waals surface area contributed by atoms with Gasteiger partial charge in [-0.05, 0) is 49.4 Å². The van der Waals surface area contributed by atoms with Gasteiger partial charge < -0.3 is 33.8 Å². The molecule has 0 aromatic carbocycles. The first-order valence-electron chi connectivity index (χ1n) is 33.8. The second kappa shape index (κ2) is 55.2. The number of aliphatic hydroxyl groups excluding tert-OH is 1. The van der Waals surface area contributed by atoms with E-state index in [1.165, 1.54) is 103 Å². The number of hydrogen-bond donors (Lipinski definition) is 3. The van der Waals surface area contributed by atoms with E-state index in [1.807, 2.05) is 0 Å². The molecule has 0 aromatic heterocycles. The van der Waals surface area contributed by atoms with Crippen LogP contribution in [0.5, 0.6) is 0 Å². The molecule has 0 aliphatic carbocycles. The molecule has 7 atom stereocenters. The molecular weight excluding hydrogens is 1110 g/mol. The molecule has 498 valence electrons. The van der Waals surface area contributed by atoms with Gasteiger partial charge in [0.1, 0.15) is 19.3 Å². The predicted octanol–water partition coefficient (Wildman–Crippen LogP) is 17.8. The average Bonchev–Trinajstić information content (AvgIpc) is 3.54. The van der Waals surface area contributed by atoms with Crippen molar-refractivity contribution in [2.45, 2.75) is 331 Å². The van der Waals surface area contributed by atoms with Crippen LogP contribution in [-0.4, -0.2) is 96.7 Å². The summed E-state index contributed by atoms with van der Waals surface area (Å²) in [4.78, 5) is 72.2. The quantitative estimate of drug-likeness (QED) is 0.0222. The van der Waals surface area contributed by atoms with Gasteiger partial charge in [0.05, 0.1) is 26.4 Å². The van der Waals surface area contributed by atoms with Crippen molar-refractivity contribution in [3.05, 3.63) is 0 Å². The van der Waals surface area contributed by atoms with Gasteiger partial charge >= 0.3 is 39.5 Å². The number of rotatable bonds is 62. The van der Waals surface area contributed by atoms with Gasteiger partial charge in [-0.3, -0.25) is 37.3 Å². The molecule has 19 heteroatoms. The Labute approximate surface area is 511 Å². The van der Waals surface area contributed by atoms with Crippen molar-refractivity contribution in [1.82, 2.24) is 0 Å². The maximum Gasteiger partial charge on any atom is 0.472 e. The second-order valence-corrected chi connectivity index (χ2v) is 27.8. The van der Waals surface area contributed by atoms with Gasteiger partial charge in [-0.25, -0.2) is 9.13 Å². The molecule has 0 bridgehead atoms. The van der Waals surface area contributed by atoms with Crippen LogP contribution in [0.3, 0.4) is 0 Å². The molecule has 3 N–H and O–H groups in total. The number of phosphoric acid groups is 2. The third kappa shape index (κ3) is 56.6. The summed E-state index contributed by atoms with van der Waals surface area (Å²) in [6.45, 7) is 14.0. The Morgan fingerprint density at radius 1 is 0.333 bits per heavy atom. The van der Waals surface area contributed by atoms with Crippen LogP contribution in [0.15, 0.2) is 0 Å². The summed E-state index contributed by atoms with van der Waals surface area (Å²) in [7, 11) is -9.89. The van der Waals surface area contributed by atoms with Crippen molar-refractivity contribution >= 4 is 39.5 Å². The number of carbonyl (C=O) groups excluding carboxylic acids is 4. The number of ether oxygens (including phenoxy) is 4. The second-order valence-electron chi connectivity index (χ2n) is 24.9. The molecule has 0 spiro atoms. The molecule has 0 radical (unpaired) electrons. The smallest absolute Gasteiger partial charge is 0.462 e.